The van der Waals surface area contributed by atoms with E-state index in [0.717, 1.165) is 16.5 Å². The average molecular weight is 309 g/mol. The zero-order valence-electron chi connectivity index (χ0n) is 12.6. The van der Waals surface area contributed by atoms with Crippen LogP contribution in [0.1, 0.15) is 16.1 Å². The van der Waals surface area contributed by atoms with Gasteiger partial charge in [0, 0.05) is 24.5 Å². The van der Waals surface area contributed by atoms with Crippen molar-refractivity contribution in [3.05, 3.63) is 53.7 Å². The topological polar surface area (TPSA) is 67.5 Å². The fourth-order valence-corrected chi connectivity index (χ4v) is 2.75. The molecule has 0 saturated carbocycles. The SMILES string of the molecule is CN(Cc1cccc2c1OCO2)C(=O)c1n[nH]c2ccccc12. The number of aromatic amines is 1. The fourth-order valence-electron chi connectivity index (χ4n) is 2.75. The summed E-state index contributed by atoms with van der Waals surface area (Å²) in [5, 5.41) is 7.87. The number of rotatable bonds is 3. The van der Waals surface area contributed by atoms with E-state index in [4.69, 9.17) is 9.47 Å². The molecule has 4 rings (SSSR count). The van der Waals surface area contributed by atoms with Crippen LogP contribution in [0, 0.1) is 0 Å². The molecule has 0 saturated heterocycles. The van der Waals surface area contributed by atoms with Crippen molar-refractivity contribution in [1.29, 1.82) is 0 Å². The molecule has 0 unspecified atom stereocenters. The third-order valence-electron chi connectivity index (χ3n) is 3.91. The van der Waals surface area contributed by atoms with Gasteiger partial charge in [0.2, 0.25) is 6.79 Å². The average Bonchev–Trinajstić information content (AvgIpc) is 3.21. The normalized spacial score (nSPS) is 12.6. The van der Waals surface area contributed by atoms with Crippen molar-refractivity contribution >= 4 is 16.8 Å². The minimum absolute atomic E-state index is 0.140. The molecule has 3 aromatic rings. The van der Waals surface area contributed by atoms with Gasteiger partial charge < -0.3 is 14.4 Å². The standard InChI is InChI=1S/C17H15N3O3/c1-20(9-11-5-4-8-14-16(11)23-10-22-14)17(21)15-12-6-2-3-7-13(12)18-19-15/h2-8H,9-10H2,1H3,(H,18,19). The molecule has 0 fully saturated rings. The lowest BCUT2D eigenvalue weighted by Crippen LogP contribution is -2.26. The van der Waals surface area contributed by atoms with Crippen molar-refractivity contribution in [3.63, 3.8) is 0 Å². The van der Waals surface area contributed by atoms with Crippen LogP contribution in [0.3, 0.4) is 0 Å². The summed E-state index contributed by atoms with van der Waals surface area (Å²) in [5.74, 6) is 1.28. The Kier molecular flexibility index (Phi) is 3.15. The molecule has 1 N–H and O–H groups in total. The van der Waals surface area contributed by atoms with Gasteiger partial charge in [0.25, 0.3) is 5.91 Å². The number of carbonyl (C=O) groups excluding carboxylic acids is 1. The second kappa shape index (κ2) is 5.31. The van der Waals surface area contributed by atoms with E-state index in [1.165, 1.54) is 0 Å². The number of aromatic nitrogens is 2. The molecule has 0 aliphatic carbocycles. The Morgan fingerprint density at radius 3 is 3.00 bits per heavy atom. The van der Waals surface area contributed by atoms with Crippen molar-refractivity contribution in [2.75, 3.05) is 13.8 Å². The number of fused-ring (bicyclic) bond motifs is 2. The Morgan fingerprint density at radius 1 is 1.22 bits per heavy atom. The highest BCUT2D eigenvalue weighted by Gasteiger charge is 2.22. The number of nitrogens with zero attached hydrogens (tertiary/aromatic N) is 2. The van der Waals surface area contributed by atoms with E-state index >= 15 is 0 Å². The number of nitrogens with one attached hydrogen (secondary N) is 1. The summed E-state index contributed by atoms with van der Waals surface area (Å²) in [6.07, 6.45) is 0. The van der Waals surface area contributed by atoms with Gasteiger partial charge in [-0.15, -0.1) is 0 Å². The van der Waals surface area contributed by atoms with Gasteiger partial charge in [-0.3, -0.25) is 9.89 Å². The van der Waals surface area contributed by atoms with Gasteiger partial charge in [0.1, 0.15) is 0 Å². The number of amides is 1. The van der Waals surface area contributed by atoms with Crippen LogP contribution in [0.5, 0.6) is 11.5 Å². The molecule has 2 aromatic carbocycles. The molecular weight excluding hydrogens is 294 g/mol. The monoisotopic (exact) mass is 309 g/mol. The largest absolute Gasteiger partial charge is 0.454 e. The first-order chi connectivity index (χ1) is 11.2. The molecule has 0 spiro atoms. The second-order valence-electron chi connectivity index (χ2n) is 5.43. The van der Waals surface area contributed by atoms with Crippen molar-refractivity contribution in [2.45, 2.75) is 6.54 Å². The third-order valence-corrected chi connectivity index (χ3v) is 3.91. The molecule has 116 valence electrons. The van der Waals surface area contributed by atoms with Crippen molar-refractivity contribution in [1.82, 2.24) is 15.1 Å². The van der Waals surface area contributed by atoms with E-state index in [1.807, 2.05) is 42.5 Å². The molecule has 0 radical (unpaired) electrons. The van der Waals surface area contributed by atoms with Crippen LogP contribution >= 0.6 is 0 Å². The third kappa shape index (κ3) is 2.28. The molecule has 0 atom stereocenters. The molecule has 1 aliphatic rings. The first-order valence-electron chi connectivity index (χ1n) is 7.30. The van der Waals surface area contributed by atoms with Gasteiger partial charge in [-0.1, -0.05) is 30.3 Å². The zero-order chi connectivity index (χ0) is 15.8. The maximum Gasteiger partial charge on any atom is 0.275 e. The highest BCUT2D eigenvalue weighted by Crippen LogP contribution is 2.35. The number of carbonyl (C=O) groups is 1. The summed E-state index contributed by atoms with van der Waals surface area (Å²) in [5.41, 5.74) is 2.19. The maximum atomic E-state index is 12.7. The summed E-state index contributed by atoms with van der Waals surface area (Å²) in [4.78, 5) is 14.3. The number of H-pyrrole nitrogens is 1. The second-order valence-corrected chi connectivity index (χ2v) is 5.43. The van der Waals surface area contributed by atoms with Crippen molar-refractivity contribution in [3.8, 4) is 11.5 Å². The maximum absolute atomic E-state index is 12.7. The van der Waals surface area contributed by atoms with Crippen LogP contribution < -0.4 is 9.47 Å². The fraction of sp³-hybridized carbons (Fsp3) is 0.176. The molecule has 6 nitrogen and oxygen atoms in total. The summed E-state index contributed by atoms with van der Waals surface area (Å²) in [7, 11) is 1.75. The Morgan fingerprint density at radius 2 is 2.09 bits per heavy atom. The van der Waals surface area contributed by atoms with Crippen LogP contribution in [0.2, 0.25) is 0 Å². The van der Waals surface area contributed by atoms with E-state index in [2.05, 4.69) is 10.2 Å². The van der Waals surface area contributed by atoms with Crippen LogP contribution in [0.25, 0.3) is 10.9 Å². The molecule has 1 aliphatic heterocycles. The summed E-state index contributed by atoms with van der Waals surface area (Å²) in [6.45, 7) is 0.639. The highest BCUT2D eigenvalue weighted by atomic mass is 16.7. The number of benzene rings is 2. The molecule has 1 amide bonds. The Labute approximate surface area is 132 Å². The lowest BCUT2D eigenvalue weighted by Gasteiger charge is -2.17. The van der Waals surface area contributed by atoms with Crippen molar-refractivity contribution in [2.24, 2.45) is 0 Å². The number of ether oxygens (including phenoxy) is 2. The van der Waals surface area contributed by atoms with E-state index in [-0.39, 0.29) is 12.7 Å². The first-order valence-corrected chi connectivity index (χ1v) is 7.30. The Bertz CT molecular complexity index is 888. The summed E-state index contributed by atoms with van der Waals surface area (Å²) < 4.78 is 10.9. The van der Waals surface area contributed by atoms with Crippen LogP contribution in [-0.4, -0.2) is 34.8 Å². The number of hydrogen-bond donors (Lipinski definition) is 1. The smallest absolute Gasteiger partial charge is 0.275 e. The van der Waals surface area contributed by atoms with Gasteiger partial charge in [0.15, 0.2) is 17.2 Å². The molecular formula is C17H15N3O3. The molecule has 2 heterocycles. The number of para-hydroxylation sites is 2. The van der Waals surface area contributed by atoms with Crippen molar-refractivity contribution < 1.29 is 14.3 Å². The van der Waals surface area contributed by atoms with E-state index in [0.29, 0.717) is 23.7 Å². The van der Waals surface area contributed by atoms with E-state index in [1.54, 1.807) is 11.9 Å². The molecule has 1 aromatic heterocycles. The van der Waals surface area contributed by atoms with Gasteiger partial charge in [0.05, 0.1) is 5.52 Å². The minimum Gasteiger partial charge on any atom is -0.454 e. The molecule has 6 heteroatoms. The number of hydrogen-bond acceptors (Lipinski definition) is 4. The van der Waals surface area contributed by atoms with Crippen LogP contribution in [-0.2, 0) is 6.54 Å². The zero-order valence-corrected chi connectivity index (χ0v) is 12.6. The van der Waals surface area contributed by atoms with Gasteiger partial charge >= 0.3 is 0 Å². The van der Waals surface area contributed by atoms with Gasteiger partial charge in [-0.25, -0.2) is 0 Å². The first kappa shape index (κ1) is 13.6. The van der Waals surface area contributed by atoms with Gasteiger partial charge in [-0.05, 0) is 12.1 Å². The minimum atomic E-state index is -0.140. The summed E-state index contributed by atoms with van der Waals surface area (Å²) >= 11 is 0. The Balaban J connectivity index is 1.61. The van der Waals surface area contributed by atoms with Crippen LogP contribution in [0.15, 0.2) is 42.5 Å². The lowest BCUT2D eigenvalue weighted by atomic mass is 10.1. The van der Waals surface area contributed by atoms with Gasteiger partial charge in [-0.2, -0.15) is 5.10 Å². The van der Waals surface area contributed by atoms with E-state index < -0.39 is 0 Å². The predicted molar refractivity (Wildman–Crippen MR) is 84.5 cm³/mol. The molecule has 23 heavy (non-hydrogen) atoms. The Hall–Kier alpha value is -3.02. The van der Waals surface area contributed by atoms with E-state index in [9.17, 15) is 4.79 Å². The summed E-state index contributed by atoms with van der Waals surface area (Å²) in [6, 6.07) is 13.3. The lowest BCUT2D eigenvalue weighted by molar-refractivity contribution is 0.0780. The highest BCUT2D eigenvalue weighted by molar-refractivity contribution is 6.04. The van der Waals surface area contributed by atoms with Crippen LogP contribution in [0.4, 0.5) is 0 Å². The predicted octanol–water partition coefficient (Wildman–Crippen LogP) is 2.56. The quantitative estimate of drug-likeness (QED) is 0.807. The molecule has 0 bridgehead atoms.